The van der Waals surface area contributed by atoms with Crippen LogP contribution in [0.1, 0.15) is 28.0 Å². The number of carbonyl (C=O) groups excluding carboxylic acids is 3. The third-order valence-corrected chi connectivity index (χ3v) is 6.03. The van der Waals surface area contributed by atoms with Gasteiger partial charge in [0.2, 0.25) is 5.91 Å². The van der Waals surface area contributed by atoms with Gasteiger partial charge in [-0.1, -0.05) is 0 Å². The maximum absolute atomic E-state index is 14.9. The number of amides is 3. The number of benzene rings is 1. The van der Waals surface area contributed by atoms with Crippen LogP contribution in [0.25, 0.3) is 5.69 Å². The topological polar surface area (TPSA) is 118 Å². The van der Waals surface area contributed by atoms with Crippen molar-refractivity contribution in [3.8, 4) is 5.69 Å². The number of ether oxygens (including phenoxy) is 1. The predicted octanol–water partition coefficient (Wildman–Crippen LogP) is 2.80. The highest BCUT2D eigenvalue weighted by molar-refractivity contribution is 7.15. The van der Waals surface area contributed by atoms with Crippen LogP contribution in [0, 0.1) is 19.7 Å². The van der Waals surface area contributed by atoms with Gasteiger partial charge in [-0.05, 0) is 32.0 Å². The number of carbonyl (C=O) groups is 3. The number of halogens is 1. The summed E-state index contributed by atoms with van der Waals surface area (Å²) in [5.41, 5.74) is 1.42. The smallest absolute Gasteiger partial charge is 0.414 e. The van der Waals surface area contributed by atoms with Crippen molar-refractivity contribution < 1.29 is 23.5 Å². The van der Waals surface area contributed by atoms with Gasteiger partial charge in [0.1, 0.15) is 23.9 Å². The molecule has 0 spiro atoms. The molecule has 10 nitrogen and oxygen atoms in total. The highest BCUT2D eigenvalue weighted by Gasteiger charge is 2.32. The van der Waals surface area contributed by atoms with Crippen LogP contribution in [0.4, 0.5) is 20.0 Å². The van der Waals surface area contributed by atoms with Crippen molar-refractivity contribution in [1.29, 1.82) is 0 Å². The van der Waals surface area contributed by atoms with Crippen LogP contribution in [0.3, 0.4) is 0 Å². The number of nitrogens with zero attached hydrogens (tertiary/aromatic N) is 4. The van der Waals surface area contributed by atoms with Crippen molar-refractivity contribution in [3.63, 3.8) is 0 Å². The lowest BCUT2D eigenvalue weighted by Crippen LogP contribution is -2.33. The molecule has 1 unspecified atom stereocenters. The molecule has 2 aromatic heterocycles. The van der Waals surface area contributed by atoms with Crippen LogP contribution >= 0.6 is 11.3 Å². The van der Waals surface area contributed by atoms with Crippen LogP contribution < -0.4 is 15.5 Å². The number of rotatable bonds is 6. The van der Waals surface area contributed by atoms with Gasteiger partial charge in [-0.2, -0.15) is 0 Å². The average molecular weight is 473 g/mol. The molecule has 3 heterocycles. The van der Waals surface area contributed by atoms with E-state index < -0.39 is 23.9 Å². The Balaban J connectivity index is 1.46. The third kappa shape index (κ3) is 4.85. The summed E-state index contributed by atoms with van der Waals surface area (Å²) >= 11 is 1.36. The van der Waals surface area contributed by atoms with E-state index in [-0.39, 0.29) is 30.4 Å². The van der Waals surface area contributed by atoms with E-state index in [1.165, 1.54) is 52.4 Å². The normalized spacial score (nSPS) is 15.5. The summed E-state index contributed by atoms with van der Waals surface area (Å²) in [5.74, 6) is -1.30. The van der Waals surface area contributed by atoms with Gasteiger partial charge >= 0.3 is 6.09 Å². The molecule has 172 valence electrons. The van der Waals surface area contributed by atoms with Crippen LogP contribution in [-0.2, 0) is 9.53 Å². The first-order valence-electron chi connectivity index (χ1n) is 10.0. The standard InChI is InChI=1S/C21H21FN6O4S/c1-11-12(2)33-20(25-11)26-19(30)17-9-27(10-24-17)18-5-4-14(6-16(18)22)28-8-15(32-21(28)31)7-23-13(3)29/h4-6,9-10,15H,7-8H2,1-3H3,(H,23,29)(H,25,26,30). The van der Waals surface area contributed by atoms with Gasteiger partial charge in [0.25, 0.3) is 5.91 Å². The molecule has 0 radical (unpaired) electrons. The summed E-state index contributed by atoms with van der Waals surface area (Å²) in [6.07, 6.45) is 1.60. The molecule has 2 N–H and O–H groups in total. The third-order valence-electron chi connectivity index (χ3n) is 5.04. The lowest BCUT2D eigenvalue weighted by Gasteiger charge is -2.14. The Morgan fingerprint density at radius 1 is 1.33 bits per heavy atom. The molecule has 0 bridgehead atoms. The molecular weight excluding hydrogens is 451 g/mol. The molecule has 33 heavy (non-hydrogen) atoms. The van der Waals surface area contributed by atoms with Crippen LogP contribution in [0.2, 0.25) is 0 Å². The predicted molar refractivity (Wildman–Crippen MR) is 119 cm³/mol. The SMILES string of the molecule is CC(=O)NCC1CN(c2ccc(-n3cnc(C(=O)Nc4nc(C)c(C)s4)c3)c(F)c2)C(=O)O1. The molecule has 1 aliphatic heterocycles. The molecule has 1 atom stereocenters. The summed E-state index contributed by atoms with van der Waals surface area (Å²) in [7, 11) is 0. The maximum atomic E-state index is 14.9. The zero-order chi connectivity index (χ0) is 23.7. The minimum absolute atomic E-state index is 0.105. The lowest BCUT2D eigenvalue weighted by atomic mass is 10.2. The molecule has 4 rings (SSSR count). The van der Waals surface area contributed by atoms with Crippen molar-refractivity contribution in [3.05, 3.63) is 52.8 Å². The number of hydrogen-bond donors (Lipinski definition) is 2. The van der Waals surface area contributed by atoms with Gasteiger partial charge in [0.15, 0.2) is 5.13 Å². The van der Waals surface area contributed by atoms with Crippen molar-refractivity contribution in [2.45, 2.75) is 26.9 Å². The van der Waals surface area contributed by atoms with Gasteiger partial charge < -0.3 is 14.6 Å². The summed E-state index contributed by atoms with van der Waals surface area (Å²) in [6, 6.07) is 4.26. The number of hydrogen-bond acceptors (Lipinski definition) is 7. The molecule has 1 fully saturated rings. The lowest BCUT2D eigenvalue weighted by molar-refractivity contribution is -0.119. The largest absolute Gasteiger partial charge is 0.442 e. The van der Waals surface area contributed by atoms with Gasteiger partial charge in [-0.3, -0.25) is 19.8 Å². The van der Waals surface area contributed by atoms with Crippen LogP contribution in [0.5, 0.6) is 0 Å². The molecule has 1 aliphatic rings. The number of anilines is 2. The second-order valence-corrected chi connectivity index (χ2v) is 8.67. The van der Waals surface area contributed by atoms with Gasteiger partial charge in [0.05, 0.1) is 30.2 Å². The molecule has 0 aliphatic carbocycles. The molecule has 12 heteroatoms. The van der Waals surface area contributed by atoms with E-state index in [4.69, 9.17) is 4.74 Å². The van der Waals surface area contributed by atoms with E-state index in [1.807, 2.05) is 13.8 Å². The fraction of sp³-hybridized carbons (Fsp3) is 0.286. The van der Waals surface area contributed by atoms with E-state index >= 15 is 0 Å². The molecule has 3 aromatic rings. The Hall–Kier alpha value is -3.80. The van der Waals surface area contributed by atoms with E-state index in [9.17, 15) is 18.8 Å². The zero-order valence-corrected chi connectivity index (χ0v) is 18.9. The van der Waals surface area contributed by atoms with Crippen molar-refractivity contribution >= 4 is 40.1 Å². The van der Waals surface area contributed by atoms with Gasteiger partial charge in [0, 0.05) is 18.0 Å². The average Bonchev–Trinajstić information content (AvgIpc) is 3.46. The first kappa shape index (κ1) is 22.4. The Morgan fingerprint density at radius 2 is 2.12 bits per heavy atom. The van der Waals surface area contributed by atoms with Gasteiger partial charge in [-0.15, -0.1) is 11.3 Å². The number of aryl methyl sites for hydroxylation is 2. The molecule has 1 aromatic carbocycles. The Morgan fingerprint density at radius 3 is 2.79 bits per heavy atom. The first-order chi connectivity index (χ1) is 15.7. The zero-order valence-electron chi connectivity index (χ0n) is 18.1. The van der Waals surface area contributed by atoms with Crippen molar-refractivity contribution in [1.82, 2.24) is 19.9 Å². The molecular formula is C21H21FN6O4S. The number of aromatic nitrogens is 3. The summed E-state index contributed by atoms with van der Waals surface area (Å²) < 4.78 is 21.5. The Labute approximate surface area is 192 Å². The maximum Gasteiger partial charge on any atom is 0.414 e. The van der Waals surface area contributed by atoms with E-state index in [1.54, 1.807) is 6.07 Å². The summed E-state index contributed by atoms with van der Waals surface area (Å²) in [5, 5.41) is 5.74. The van der Waals surface area contributed by atoms with E-state index in [0.29, 0.717) is 10.8 Å². The highest BCUT2D eigenvalue weighted by Crippen LogP contribution is 2.26. The minimum Gasteiger partial charge on any atom is -0.442 e. The fourth-order valence-corrected chi connectivity index (χ4v) is 4.04. The number of imidazole rings is 1. The van der Waals surface area contributed by atoms with Crippen molar-refractivity contribution in [2.75, 3.05) is 23.3 Å². The van der Waals surface area contributed by atoms with Crippen molar-refractivity contribution in [2.24, 2.45) is 0 Å². The summed E-state index contributed by atoms with van der Waals surface area (Å²) in [6.45, 7) is 5.50. The number of cyclic esters (lactones) is 1. The van der Waals surface area contributed by atoms with Crippen LogP contribution in [0.15, 0.2) is 30.7 Å². The van der Waals surface area contributed by atoms with E-state index in [0.717, 1.165) is 10.6 Å². The number of nitrogens with one attached hydrogen (secondary N) is 2. The monoisotopic (exact) mass is 472 g/mol. The molecule has 3 amide bonds. The second-order valence-electron chi connectivity index (χ2n) is 7.47. The Kier molecular flexibility index (Phi) is 6.09. The number of thiazole rings is 1. The van der Waals surface area contributed by atoms with E-state index in [2.05, 4.69) is 20.6 Å². The van der Waals surface area contributed by atoms with Crippen LogP contribution in [-0.4, -0.2) is 51.6 Å². The molecule has 1 saturated heterocycles. The quantitative estimate of drug-likeness (QED) is 0.570. The molecule has 0 saturated carbocycles. The summed E-state index contributed by atoms with van der Waals surface area (Å²) in [4.78, 5) is 46.3. The Bertz CT molecular complexity index is 1220. The second kappa shape index (κ2) is 8.98. The fourth-order valence-electron chi connectivity index (χ4n) is 3.23. The minimum atomic E-state index is -0.619. The first-order valence-corrected chi connectivity index (χ1v) is 10.8. The highest BCUT2D eigenvalue weighted by atomic mass is 32.1. The van der Waals surface area contributed by atoms with Gasteiger partial charge in [-0.25, -0.2) is 19.2 Å².